The van der Waals surface area contributed by atoms with Crippen LogP contribution in [0.25, 0.3) is 0 Å². The minimum Gasteiger partial charge on any atom is -0.447 e. The topological polar surface area (TPSA) is 63.7 Å². The molecule has 0 spiro atoms. The van der Waals surface area contributed by atoms with E-state index in [0.717, 1.165) is 0 Å². The summed E-state index contributed by atoms with van der Waals surface area (Å²) in [6, 6.07) is 0. The van der Waals surface area contributed by atoms with Gasteiger partial charge < -0.3 is 17.0 Å². The van der Waals surface area contributed by atoms with Crippen LogP contribution in [-0.2, 0) is 44.3 Å². The van der Waals surface area contributed by atoms with Gasteiger partial charge in [0, 0.05) is 27.0 Å². The van der Waals surface area contributed by atoms with Crippen molar-refractivity contribution >= 4 is 33.3 Å². The van der Waals surface area contributed by atoms with E-state index in [1.165, 1.54) is 3.88 Å². The molecular formula is C6H11AlNO4ReS-. The Bertz CT molecular complexity index is 298. The molecule has 0 aliphatic carbocycles. The van der Waals surface area contributed by atoms with Crippen LogP contribution in [0.3, 0.4) is 0 Å². The van der Waals surface area contributed by atoms with E-state index in [4.69, 9.17) is 4.74 Å². The van der Waals surface area contributed by atoms with E-state index in [0.29, 0.717) is 23.1 Å². The number of carbonyl (C=O) groups excluding carboxylic acids is 1. The van der Waals surface area contributed by atoms with Crippen LogP contribution in [0.4, 0.5) is 4.79 Å². The van der Waals surface area contributed by atoms with Crippen molar-refractivity contribution in [2.45, 2.75) is 24.7 Å². The molecule has 8 heteroatoms. The van der Waals surface area contributed by atoms with Crippen molar-refractivity contribution in [1.82, 2.24) is 3.88 Å². The molecule has 0 aromatic rings. The van der Waals surface area contributed by atoms with Gasteiger partial charge >= 0.3 is 22.6 Å². The largest absolute Gasteiger partial charge is 0.447 e. The number of hydrogen-bond donors (Lipinski definition) is 0. The van der Waals surface area contributed by atoms with Crippen molar-refractivity contribution in [3.8, 4) is 0 Å². The van der Waals surface area contributed by atoms with E-state index >= 15 is 0 Å². The molecule has 1 saturated heterocycles. The van der Waals surface area contributed by atoms with Crippen LogP contribution in [0, 0.1) is 0 Å². The van der Waals surface area contributed by atoms with Gasteiger partial charge in [-0.3, -0.25) is 0 Å². The molecule has 1 heterocycles. The first-order valence-corrected chi connectivity index (χ1v) is 5.83. The minimum atomic E-state index is -2.23. The van der Waals surface area contributed by atoms with Crippen molar-refractivity contribution < 1.29 is 38.4 Å². The molecule has 81 valence electrons. The SMILES string of the molecule is CC(C)(C1C[N]([AlH2])C(=O)O1)[S-](=O)=O.[Re]. The third-order valence-electron chi connectivity index (χ3n) is 2.20. The fourth-order valence-electron chi connectivity index (χ4n) is 1.04. The van der Waals surface area contributed by atoms with E-state index < -0.39 is 27.6 Å². The zero-order valence-electron chi connectivity index (χ0n) is 8.15. The Kier molecular flexibility index (Phi) is 5.11. The van der Waals surface area contributed by atoms with Crippen LogP contribution in [-0.4, -0.2) is 43.9 Å². The standard InChI is InChI=1S/C6H10NO4S.Al.Re.2H/c1-6(2,12(9)10)4-3-7-5(8)11-4;;;;/h4H,3H2,1-2H3,(H,7,8);;;;/q-1;+1;;;/p-1. The average molecular weight is 406 g/mol. The minimum absolute atomic E-state index is 0. The number of rotatable bonds is 2. The summed E-state index contributed by atoms with van der Waals surface area (Å²) in [6.45, 7) is 3.48. The van der Waals surface area contributed by atoms with E-state index in [9.17, 15) is 13.2 Å². The summed E-state index contributed by atoms with van der Waals surface area (Å²) in [7, 11) is -2.23. The van der Waals surface area contributed by atoms with Gasteiger partial charge in [-0.1, -0.05) is 24.6 Å². The Labute approximate surface area is 106 Å². The van der Waals surface area contributed by atoms with E-state index in [2.05, 4.69) is 0 Å². The molecule has 1 unspecified atom stereocenters. The second kappa shape index (κ2) is 4.96. The predicted octanol–water partition coefficient (Wildman–Crippen LogP) is -0.559. The molecule has 0 bridgehead atoms. The molecule has 0 aromatic carbocycles. The molecule has 0 saturated carbocycles. The van der Waals surface area contributed by atoms with Gasteiger partial charge in [0.1, 0.15) is 6.10 Å². The Morgan fingerprint density at radius 3 is 2.36 bits per heavy atom. The number of nitrogens with zero attached hydrogens (tertiary/aromatic N) is 1. The van der Waals surface area contributed by atoms with Gasteiger partial charge in [-0.2, -0.15) is 0 Å². The number of cyclic esters (lactones) is 1. The number of amides is 1. The Morgan fingerprint density at radius 2 is 2.07 bits per heavy atom. The maximum absolute atomic E-state index is 11.0. The van der Waals surface area contributed by atoms with Gasteiger partial charge in [0.05, 0.1) is 0 Å². The van der Waals surface area contributed by atoms with Gasteiger partial charge in [-0.25, -0.2) is 4.79 Å². The second-order valence-electron chi connectivity index (χ2n) is 3.59. The Balaban J connectivity index is 0.00000169. The van der Waals surface area contributed by atoms with E-state index in [1.807, 2.05) is 0 Å². The third-order valence-corrected chi connectivity index (χ3v) is 4.05. The van der Waals surface area contributed by atoms with Crippen LogP contribution < -0.4 is 0 Å². The number of ether oxygens (including phenoxy) is 1. The predicted molar refractivity (Wildman–Crippen MR) is 48.3 cm³/mol. The van der Waals surface area contributed by atoms with Gasteiger partial charge in [-0.05, 0) is 4.75 Å². The fourth-order valence-corrected chi connectivity index (χ4v) is 1.82. The average Bonchev–Trinajstić information content (AvgIpc) is 2.32. The molecule has 1 rings (SSSR count). The second-order valence-corrected chi connectivity index (χ2v) is 6.19. The van der Waals surface area contributed by atoms with Crippen molar-refractivity contribution in [3.63, 3.8) is 0 Å². The molecule has 0 N–H and O–H groups in total. The first-order valence-electron chi connectivity index (χ1n) is 3.87. The number of carbonyl (C=O) groups is 1. The van der Waals surface area contributed by atoms with E-state index in [-0.39, 0.29) is 20.4 Å². The van der Waals surface area contributed by atoms with Crippen molar-refractivity contribution in [2.75, 3.05) is 6.54 Å². The molecule has 1 radical (unpaired) electrons. The number of hydrogen-bond acceptors (Lipinski definition) is 5. The third kappa shape index (κ3) is 2.71. The monoisotopic (exact) mass is 407 g/mol. The van der Waals surface area contributed by atoms with E-state index in [1.54, 1.807) is 13.8 Å². The molecule has 0 aromatic heterocycles. The van der Waals surface area contributed by atoms with Crippen molar-refractivity contribution in [2.24, 2.45) is 0 Å². The summed E-state index contributed by atoms with van der Waals surface area (Å²) in [5.74, 6) is 0. The summed E-state index contributed by atoms with van der Waals surface area (Å²) in [6.07, 6.45) is -0.953. The summed E-state index contributed by atoms with van der Waals surface area (Å²) in [4.78, 5) is 11.0. The zero-order valence-corrected chi connectivity index (χ0v) is 13.7. The van der Waals surface area contributed by atoms with Crippen LogP contribution in [0.5, 0.6) is 0 Å². The summed E-state index contributed by atoms with van der Waals surface area (Å²) >= 11 is 0.562. The summed E-state index contributed by atoms with van der Waals surface area (Å²) in [5.41, 5.74) is 0. The molecule has 1 fully saturated rings. The van der Waals surface area contributed by atoms with Crippen LogP contribution in [0.1, 0.15) is 13.8 Å². The summed E-state index contributed by atoms with van der Waals surface area (Å²) in [5, 5.41) is 0. The van der Waals surface area contributed by atoms with Gasteiger partial charge in [0.25, 0.3) is 0 Å². The van der Waals surface area contributed by atoms with Crippen molar-refractivity contribution in [1.29, 1.82) is 0 Å². The van der Waals surface area contributed by atoms with Gasteiger partial charge in [0.15, 0.2) is 0 Å². The Morgan fingerprint density at radius 1 is 1.57 bits per heavy atom. The first kappa shape index (κ1) is 14.4. The molecule has 1 aliphatic heterocycles. The van der Waals surface area contributed by atoms with Gasteiger partial charge in [0.2, 0.25) is 0 Å². The van der Waals surface area contributed by atoms with Crippen molar-refractivity contribution in [3.05, 3.63) is 0 Å². The Hall–Kier alpha value is 0.415. The molecular weight excluding hydrogens is 395 g/mol. The zero-order chi connectivity index (χ0) is 10.2. The van der Waals surface area contributed by atoms with Gasteiger partial charge in [-0.15, -0.1) is 0 Å². The smallest absolute Gasteiger partial charge is 0.385 e. The van der Waals surface area contributed by atoms with Crippen LogP contribution >= 0.6 is 0 Å². The molecule has 5 nitrogen and oxygen atoms in total. The summed E-state index contributed by atoms with van der Waals surface area (Å²) < 4.78 is 27.1. The van der Waals surface area contributed by atoms with Crippen LogP contribution in [0.2, 0.25) is 0 Å². The molecule has 1 atom stereocenters. The molecule has 1 amide bonds. The molecule has 1 aliphatic rings. The maximum atomic E-state index is 11.0. The molecule has 14 heavy (non-hydrogen) atoms. The maximum Gasteiger partial charge on any atom is 0.385 e. The normalized spacial score (nSPS) is 22.1. The quantitative estimate of drug-likeness (QED) is 0.456. The first-order chi connectivity index (χ1) is 5.85. The van der Waals surface area contributed by atoms with Crippen LogP contribution in [0.15, 0.2) is 0 Å². The fraction of sp³-hybridized carbons (Fsp3) is 0.833.